The SMILES string of the molecule is Br.COc1cccc(Nc2nc(-c3ccc(C)c(C)c3)cs2)c1. The number of ether oxygens (including phenoxy) is 1. The third kappa shape index (κ3) is 4.12. The van der Waals surface area contributed by atoms with Crippen LogP contribution in [-0.2, 0) is 0 Å². The van der Waals surface area contributed by atoms with Crippen LogP contribution in [0.2, 0.25) is 0 Å². The van der Waals surface area contributed by atoms with Crippen LogP contribution in [0.4, 0.5) is 10.8 Å². The van der Waals surface area contributed by atoms with Crippen LogP contribution in [0, 0.1) is 13.8 Å². The van der Waals surface area contributed by atoms with Gasteiger partial charge in [0, 0.05) is 22.7 Å². The molecule has 0 amide bonds. The maximum atomic E-state index is 5.23. The number of thiazole rings is 1. The van der Waals surface area contributed by atoms with Crippen LogP contribution in [0.5, 0.6) is 5.75 Å². The van der Waals surface area contributed by atoms with E-state index >= 15 is 0 Å². The smallest absolute Gasteiger partial charge is 0.187 e. The molecule has 3 nitrogen and oxygen atoms in total. The number of benzene rings is 2. The Morgan fingerprint density at radius 1 is 1.04 bits per heavy atom. The lowest BCUT2D eigenvalue weighted by Gasteiger charge is -2.05. The Bertz CT molecular complexity index is 801. The van der Waals surface area contributed by atoms with Gasteiger partial charge in [0.15, 0.2) is 5.13 Å². The minimum absolute atomic E-state index is 0. The minimum atomic E-state index is 0. The van der Waals surface area contributed by atoms with Crippen LogP contribution < -0.4 is 10.1 Å². The number of hydrogen-bond donors (Lipinski definition) is 1. The van der Waals surface area contributed by atoms with Gasteiger partial charge in [-0.05, 0) is 43.2 Å². The molecule has 0 saturated carbocycles. The molecule has 3 rings (SSSR count). The van der Waals surface area contributed by atoms with Crippen LogP contribution in [0.25, 0.3) is 11.3 Å². The van der Waals surface area contributed by atoms with Gasteiger partial charge in [0.05, 0.1) is 12.8 Å². The molecule has 23 heavy (non-hydrogen) atoms. The molecule has 1 heterocycles. The second kappa shape index (κ2) is 7.62. The molecule has 3 aromatic rings. The van der Waals surface area contributed by atoms with Crippen molar-refractivity contribution in [3.8, 4) is 17.0 Å². The van der Waals surface area contributed by atoms with Gasteiger partial charge in [-0.2, -0.15) is 0 Å². The van der Waals surface area contributed by atoms with Crippen molar-refractivity contribution in [2.45, 2.75) is 13.8 Å². The summed E-state index contributed by atoms with van der Waals surface area (Å²) in [6.07, 6.45) is 0. The van der Waals surface area contributed by atoms with Crippen molar-refractivity contribution < 1.29 is 4.74 Å². The minimum Gasteiger partial charge on any atom is -0.497 e. The fourth-order valence-electron chi connectivity index (χ4n) is 2.19. The standard InChI is InChI=1S/C18H18N2OS.BrH/c1-12-7-8-14(9-13(12)2)17-11-22-18(20-17)19-15-5-4-6-16(10-15)21-3;/h4-11H,1-3H3,(H,19,20);1H. The van der Waals surface area contributed by atoms with E-state index in [-0.39, 0.29) is 17.0 Å². The summed E-state index contributed by atoms with van der Waals surface area (Å²) in [5.74, 6) is 0.830. The number of anilines is 2. The van der Waals surface area contributed by atoms with Gasteiger partial charge >= 0.3 is 0 Å². The first-order valence-corrected chi connectivity index (χ1v) is 7.98. The Hall–Kier alpha value is -1.85. The predicted molar refractivity (Wildman–Crippen MR) is 104 cm³/mol. The van der Waals surface area contributed by atoms with Crippen molar-refractivity contribution in [1.29, 1.82) is 0 Å². The zero-order valence-electron chi connectivity index (χ0n) is 13.3. The first-order valence-electron chi connectivity index (χ1n) is 7.10. The number of methoxy groups -OCH3 is 1. The number of nitrogens with one attached hydrogen (secondary N) is 1. The Morgan fingerprint density at radius 3 is 2.61 bits per heavy atom. The summed E-state index contributed by atoms with van der Waals surface area (Å²) in [7, 11) is 1.67. The van der Waals surface area contributed by atoms with E-state index in [2.05, 4.69) is 47.7 Å². The summed E-state index contributed by atoms with van der Waals surface area (Å²) in [5, 5.41) is 6.27. The molecular weight excluding hydrogens is 372 g/mol. The zero-order chi connectivity index (χ0) is 15.5. The van der Waals surface area contributed by atoms with Crippen LogP contribution in [0.15, 0.2) is 47.8 Å². The number of nitrogens with zero attached hydrogens (tertiary/aromatic N) is 1. The van der Waals surface area contributed by atoms with Gasteiger partial charge in [-0.15, -0.1) is 28.3 Å². The Morgan fingerprint density at radius 2 is 1.87 bits per heavy atom. The lowest BCUT2D eigenvalue weighted by molar-refractivity contribution is 0.415. The van der Waals surface area contributed by atoms with Gasteiger partial charge in [0.25, 0.3) is 0 Å². The topological polar surface area (TPSA) is 34.1 Å². The summed E-state index contributed by atoms with van der Waals surface area (Å²) in [5.41, 5.74) is 5.71. The lowest BCUT2D eigenvalue weighted by Crippen LogP contribution is -1.91. The van der Waals surface area contributed by atoms with Crippen molar-refractivity contribution in [3.63, 3.8) is 0 Å². The second-order valence-electron chi connectivity index (χ2n) is 5.19. The van der Waals surface area contributed by atoms with Crippen molar-refractivity contribution >= 4 is 39.1 Å². The first kappa shape index (κ1) is 17.5. The molecule has 1 N–H and O–H groups in total. The zero-order valence-corrected chi connectivity index (χ0v) is 15.8. The summed E-state index contributed by atoms with van der Waals surface area (Å²) in [6, 6.07) is 14.3. The van der Waals surface area contributed by atoms with Gasteiger partial charge in [-0.1, -0.05) is 18.2 Å². The van der Waals surface area contributed by atoms with Crippen molar-refractivity contribution in [2.75, 3.05) is 12.4 Å². The molecule has 0 saturated heterocycles. The second-order valence-corrected chi connectivity index (χ2v) is 6.05. The van der Waals surface area contributed by atoms with Gasteiger partial charge in [-0.25, -0.2) is 4.98 Å². The number of aromatic nitrogens is 1. The molecule has 120 valence electrons. The quantitative estimate of drug-likeness (QED) is 0.614. The predicted octanol–water partition coefficient (Wildman–Crippen LogP) is 5.76. The third-order valence-electron chi connectivity index (χ3n) is 3.63. The molecule has 0 spiro atoms. The summed E-state index contributed by atoms with van der Waals surface area (Å²) in [6.45, 7) is 4.25. The highest BCUT2D eigenvalue weighted by Crippen LogP contribution is 2.29. The molecule has 1 aromatic heterocycles. The van der Waals surface area contributed by atoms with Crippen LogP contribution in [0.3, 0.4) is 0 Å². The maximum absolute atomic E-state index is 5.23. The van der Waals surface area contributed by atoms with E-state index in [9.17, 15) is 0 Å². The molecule has 0 radical (unpaired) electrons. The molecule has 5 heteroatoms. The van der Waals surface area contributed by atoms with Crippen LogP contribution in [-0.4, -0.2) is 12.1 Å². The third-order valence-corrected chi connectivity index (χ3v) is 4.39. The van der Waals surface area contributed by atoms with Crippen LogP contribution >= 0.6 is 28.3 Å². The van der Waals surface area contributed by atoms with E-state index in [4.69, 9.17) is 4.74 Å². The molecule has 0 aliphatic heterocycles. The lowest BCUT2D eigenvalue weighted by atomic mass is 10.1. The molecule has 0 unspecified atom stereocenters. The average Bonchev–Trinajstić information content (AvgIpc) is 2.98. The largest absolute Gasteiger partial charge is 0.497 e. The van der Waals surface area contributed by atoms with E-state index in [1.54, 1.807) is 18.4 Å². The highest BCUT2D eigenvalue weighted by atomic mass is 79.9. The van der Waals surface area contributed by atoms with E-state index in [1.165, 1.54) is 11.1 Å². The summed E-state index contributed by atoms with van der Waals surface area (Å²) < 4.78 is 5.23. The summed E-state index contributed by atoms with van der Waals surface area (Å²) in [4.78, 5) is 4.67. The molecule has 0 atom stereocenters. The molecular formula is C18H19BrN2OS. The van der Waals surface area contributed by atoms with Crippen molar-refractivity contribution in [3.05, 3.63) is 59.0 Å². The molecule has 0 fully saturated rings. The molecule has 0 aliphatic carbocycles. The highest BCUT2D eigenvalue weighted by molar-refractivity contribution is 8.93. The van der Waals surface area contributed by atoms with Crippen molar-refractivity contribution in [2.24, 2.45) is 0 Å². The number of hydrogen-bond acceptors (Lipinski definition) is 4. The molecule has 0 bridgehead atoms. The van der Waals surface area contributed by atoms with Gasteiger partial charge < -0.3 is 10.1 Å². The van der Waals surface area contributed by atoms with E-state index in [1.807, 2.05) is 24.3 Å². The first-order chi connectivity index (χ1) is 10.7. The molecule has 2 aromatic carbocycles. The van der Waals surface area contributed by atoms with Gasteiger partial charge in [0.1, 0.15) is 5.75 Å². The number of halogens is 1. The van der Waals surface area contributed by atoms with Gasteiger partial charge in [0.2, 0.25) is 0 Å². The fraction of sp³-hybridized carbons (Fsp3) is 0.167. The summed E-state index contributed by atoms with van der Waals surface area (Å²) >= 11 is 1.60. The van der Waals surface area contributed by atoms with Crippen LogP contribution in [0.1, 0.15) is 11.1 Å². The van der Waals surface area contributed by atoms with E-state index in [0.29, 0.717) is 0 Å². The van der Waals surface area contributed by atoms with E-state index < -0.39 is 0 Å². The molecule has 0 aliphatic rings. The van der Waals surface area contributed by atoms with Gasteiger partial charge in [-0.3, -0.25) is 0 Å². The normalized spacial score (nSPS) is 10.0. The number of rotatable bonds is 4. The number of aryl methyl sites for hydroxylation is 2. The maximum Gasteiger partial charge on any atom is 0.187 e. The monoisotopic (exact) mass is 390 g/mol. The average molecular weight is 391 g/mol. The van der Waals surface area contributed by atoms with E-state index in [0.717, 1.165) is 27.8 Å². The van der Waals surface area contributed by atoms with Crippen molar-refractivity contribution in [1.82, 2.24) is 4.98 Å². The Balaban J connectivity index is 0.00000192. The Kier molecular flexibility index (Phi) is 5.80. The Labute approximate surface area is 151 Å². The fourth-order valence-corrected chi connectivity index (χ4v) is 2.93. The highest BCUT2D eigenvalue weighted by Gasteiger charge is 2.06.